The summed E-state index contributed by atoms with van der Waals surface area (Å²) in [7, 11) is 9.82. The van der Waals surface area contributed by atoms with Gasteiger partial charge in [-0.2, -0.15) is 10.2 Å². The van der Waals surface area contributed by atoms with Gasteiger partial charge in [0.05, 0.1) is 51.9 Å². The first-order valence-electron chi connectivity index (χ1n) is 27.1. The van der Waals surface area contributed by atoms with Gasteiger partial charge in [-0.1, -0.05) is 67.4 Å². The number of carbonyl (C=O) groups excluding carboxylic acids is 2. The Hall–Kier alpha value is -7.26. The molecule has 76 heavy (non-hydrogen) atoms. The summed E-state index contributed by atoms with van der Waals surface area (Å²) in [5.41, 5.74) is 12.3. The molecule has 6 aliphatic rings. The Labute approximate surface area is 448 Å². The molecule has 5 aromatic rings. The number of amides is 4. The molecule has 1 aliphatic carbocycles. The summed E-state index contributed by atoms with van der Waals surface area (Å²) >= 11 is 0. The van der Waals surface area contributed by atoms with Crippen LogP contribution in [0.1, 0.15) is 91.3 Å². The molecule has 1 saturated carbocycles. The molecule has 4 amide bonds. The van der Waals surface area contributed by atoms with E-state index in [1.807, 2.05) is 38.1 Å². The number of piperidine rings is 1. The Balaban J connectivity index is 0.000000174. The van der Waals surface area contributed by atoms with E-state index in [0.29, 0.717) is 46.7 Å². The van der Waals surface area contributed by atoms with Gasteiger partial charge in [0.15, 0.2) is 23.0 Å². The molecule has 2 spiro atoms. The topological polar surface area (TPSA) is 136 Å². The number of anilines is 2. The highest BCUT2D eigenvalue weighted by atomic mass is 16.5. The number of nitrogens with one attached hydrogen (secondary N) is 2. The van der Waals surface area contributed by atoms with Crippen LogP contribution >= 0.6 is 0 Å². The number of methoxy groups -OCH3 is 4. The maximum Gasteiger partial charge on any atom is 0.337 e. The fraction of sp³-hybridized carbons (Fsp3) is 0.443. The average molecular weight is 1030 g/mol. The molecule has 15 heteroatoms. The zero-order valence-corrected chi connectivity index (χ0v) is 45.7. The number of carbonyl (C=O) groups is 2. The molecule has 2 atom stereocenters. The number of urea groups is 2. The normalized spacial score (nSPS) is 20.3. The first-order valence-corrected chi connectivity index (χ1v) is 27.1. The fourth-order valence-corrected chi connectivity index (χ4v) is 12.6. The van der Waals surface area contributed by atoms with Gasteiger partial charge in [0, 0.05) is 99.0 Å². The first kappa shape index (κ1) is 52.2. The molecule has 4 fully saturated rings. The predicted molar refractivity (Wildman–Crippen MR) is 301 cm³/mol. The number of hydrazone groups is 2. The summed E-state index contributed by atoms with van der Waals surface area (Å²) in [5, 5.41) is 18.3. The Kier molecular flexibility index (Phi) is 15.2. The van der Waals surface area contributed by atoms with Crippen LogP contribution in [0.15, 0.2) is 113 Å². The SMILES string of the molecule is CNC(=O)N1N=C(c2ccc(N3CC4(CN(Cc5ccccc5)C4)C3)cc2)c2cc(OC)c(OC)cc2CC1C.CNC(=O)N1N=C(c2ccc(N3CCC4(CCCC4)CC3)cc2)c2cc(OC)c(OC)cc2C[C@H]1C. The second kappa shape index (κ2) is 22.1. The fourth-order valence-electron chi connectivity index (χ4n) is 12.6. The monoisotopic (exact) mass is 1030 g/mol. The van der Waals surface area contributed by atoms with Gasteiger partial charge < -0.3 is 39.4 Å². The molecule has 15 nitrogen and oxygen atoms in total. The van der Waals surface area contributed by atoms with Crippen molar-refractivity contribution in [2.24, 2.45) is 21.0 Å². The summed E-state index contributed by atoms with van der Waals surface area (Å²) in [5.74, 6) is 2.63. The van der Waals surface area contributed by atoms with Crippen LogP contribution in [0.25, 0.3) is 0 Å². The molecule has 400 valence electrons. The van der Waals surface area contributed by atoms with E-state index in [9.17, 15) is 9.59 Å². The van der Waals surface area contributed by atoms with E-state index in [4.69, 9.17) is 29.2 Å². The lowest BCUT2D eigenvalue weighted by molar-refractivity contribution is -0.0273. The van der Waals surface area contributed by atoms with Crippen LogP contribution in [-0.4, -0.2) is 132 Å². The van der Waals surface area contributed by atoms with Crippen molar-refractivity contribution in [1.29, 1.82) is 0 Å². The van der Waals surface area contributed by atoms with Gasteiger partial charge in [-0.15, -0.1) is 0 Å². The second-order valence-electron chi connectivity index (χ2n) is 21.8. The maximum absolute atomic E-state index is 12.8. The Morgan fingerprint density at radius 3 is 1.42 bits per heavy atom. The first-order chi connectivity index (χ1) is 36.9. The lowest BCUT2D eigenvalue weighted by Crippen LogP contribution is -2.71. The molecule has 5 heterocycles. The Morgan fingerprint density at radius 1 is 0.553 bits per heavy atom. The average Bonchev–Trinajstić information content (AvgIpc) is 3.79. The lowest BCUT2D eigenvalue weighted by atomic mass is 9.72. The largest absolute Gasteiger partial charge is 0.493 e. The van der Waals surface area contributed by atoms with Crippen LogP contribution < -0.4 is 39.4 Å². The van der Waals surface area contributed by atoms with Gasteiger partial charge in [-0.3, -0.25) is 4.90 Å². The summed E-state index contributed by atoms with van der Waals surface area (Å²) in [6, 6.07) is 35.2. The number of fused-ring (bicyclic) bond motifs is 2. The summed E-state index contributed by atoms with van der Waals surface area (Å²) in [6.45, 7) is 11.8. The van der Waals surface area contributed by atoms with Crippen LogP contribution in [0.5, 0.6) is 23.0 Å². The molecule has 5 aliphatic heterocycles. The Bertz CT molecular complexity index is 2930. The van der Waals surface area contributed by atoms with E-state index in [1.165, 1.54) is 55.5 Å². The van der Waals surface area contributed by atoms with Crippen molar-refractivity contribution < 1.29 is 28.5 Å². The van der Waals surface area contributed by atoms with E-state index in [0.717, 1.165) is 90.6 Å². The molecular weight excluding hydrogens is 955 g/mol. The maximum atomic E-state index is 12.8. The van der Waals surface area contributed by atoms with Crippen molar-refractivity contribution in [1.82, 2.24) is 25.6 Å². The number of likely N-dealkylation sites (tertiary alicyclic amines) is 1. The van der Waals surface area contributed by atoms with Gasteiger partial charge in [0.1, 0.15) is 0 Å². The van der Waals surface area contributed by atoms with Crippen LogP contribution in [-0.2, 0) is 19.4 Å². The van der Waals surface area contributed by atoms with E-state index in [1.54, 1.807) is 52.6 Å². The van der Waals surface area contributed by atoms with Gasteiger partial charge >= 0.3 is 12.1 Å². The van der Waals surface area contributed by atoms with Gasteiger partial charge in [-0.05, 0) is 123 Å². The molecular formula is C61H75N9O6. The van der Waals surface area contributed by atoms with Gasteiger partial charge in [0.25, 0.3) is 0 Å². The molecule has 1 unspecified atom stereocenters. The van der Waals surface area contributed by atoms with Gasteiger partial charge in [0.2, 0.25) is 0 Å². The van der Waals surface area contributed by atoms with E-state index < -0.39 is 0 Å². The standard InChI is InChI=1S/C32H37N5O3.C29H38N4O3/c1-22-14-25-15-28(39-3)29(40-4)16-27(25)30(34-37(22)31(38)33-2)24-10-12-26(13-11-24)36-20-32(21-36)18-35(19-32)17-23-8-6-5-7-9-23;1-20-17-22-18-25(35-3)26(36-4)19-24(22)27(31-33(20)28(34)30-2)21-7-9-23(10-8-21)32-15-13-29(14-16-32)11-5-6-12-29/h5-13,15-16,22H,14,17-21H2,1-4H3,(H,33,38);7-10,18-20H,5-6,11-17H2,1-4H3,(H,30,34)/t;20-/m.1/s1. The molecule has 3 saturated heterocycles. The molecule has 0 bridgehead atoms. The van der Waals surface area contributed by atoms with E-state index in [-0.39, 0.29) is 24.1 Å². The number of hydrogen-bond acceptors (Lipinski definition) is 11. The van der Waals surface area contributed by atoms with Crippen molar-refractivity contribution in [2.45, 2.75) is 83.8 Å². The number of benzene rings is 5. The van der Waals surface area contributed by atoms with Crippen molar-refractivity contribution in [3.05, 3.63) is 142 Å². The second-order valence-corrected chi connectivity index (χ2v) is 21.8. The number of rotatable bonds is 10. The van der Waals surface area contributed by atoms with Crippen molar-refractivity contribution in [3.63, 3.8) is 0 Å². The highest BCUT2D eigenvalue weighted by Crippen LogP contribution is 2.47. The van der Waals surface area contributed by atoms with Crippen molar-refractivity contribution in [3.8, 4) is 23.0 Å². The quantitative estimate of drug-likeness (QED) is 0.140. The molecule has 2 N–H and O–H groups in total. The smallest absolute Gasteiger partial charge is 0.337 e. The zero-order chi connectivity index (χ0) is 53.1. The lowest BCUT2D eigenvalue weighted by Gasteiger charge is -2.61. The summed E-state index contributed by atoms with van der Waals surface area (Å²) < 4.78 is 22.4. The van der Waals surface area contributed by atoms with Gasteiger partial charge in [-0.25, -0.2) is 19.6 Å². The van der Waals surface area contributed by atoms with Crippen LogP contribution in [0.2, 0.25) is 0 Å². The van der Waals surface area contributed by atoms with Crippen molar-refractivity contribution in [2.75, 3.05) is 91.6 Å². The third-order valence-electron chi connectivity index (χ3n) is 16.8. The van der Waals surface area contributed by atoms with Crippen LogP contribution in [0.3, 0.4) is 0 Å². The third kappa shape index (κ3) is 10.5. The van der Waals surface area contributed by atoms with Crippen molar-refractivity contribution >= 4 is 34.9 Å². The highest BCUT2D eigenvalue weighted by Gasteiger charge is 2.51. The number of nitrogens with zero attached hydrogens (tertiary/aromatic N) is 7. The highest BCUT2D eigenvalue weighted by molar-refractivity contribution is 6.15. The predicted octanol–water partition coefficient (Wildman–Crippen LogP) is 9.57. The number of ether oxygens (including phenoxy) is 4. The minimum atomic E-state index is -0.235. The van der Waals surface area contributed by atoms with Crippen LogP contribution in [0, 0.1) is 10.8 Å². The number of hydrogen-bond donors (Lipinski definition) is 2. The van der Waals surface area contributed by atoms with E-state index in [2.05, 4.69) is 104 Å². The minimum absolute atomic E-state index is 0.116. The van der Waals surface area contributed by atoms with Crippen LogP contribution in [0.4, 0.5) is 21.0 Å². The molecule has 0 radical (unpaired) electrons. The molecule has 5 aromatic carbocycles. The summed E-state index contributed by atoms with van der Waals surface area (Å²) in [6.07, 6.45) is 9.53. The summed E-state index contributed by atoms with van der Waals surface area (Å²) in [4.78, 5) is 33.0. The third-order valence-corrected chi connectivity index (χ3v) is 16.8. The van der Waals surface area contributed by atoms with E-state index >= 15 is 0 Å². The molecule has 0 aromatic heterocycles. The molecule has 11 rings (SSSR count). The zero-order valence-electron chi connectivity index (χ0n) is 45.7. The Morgan fingerprint density at radius 2 is 0.987 bits per heavy atom. The minimum Gasteiger partial charge on any atom is -0.493 e.